The Morgan fingerprint density at radius 2 is 2.10 bits per heavy atom. The second kappa shape index (κ2) is 6.28. The Bertz CT molecular complexity index is 608. The van der Waals surface area contributed by atoms with E-state index in [0.717, 1.165) is 0 Å². The molecule has 112 valence electrons. The topological polar surface area (TPSA) is 67.2 Å². The van der Waals surface area contributed by atoms with Crippen molar-refractivity contribution >= 4 is 17.6 Å². The number of benzene rings is 1. The van der Waals surface area contributed by atoms with E-state index in [1.54, 1.807) is 29.9 Å². The molecule has 0 aliphatic rings. The van der Waals surface area contributed by atoms with Gasteiger partial charge >= 0.3 is 5.97 Å². The van der Waals surface area contributed by atoms with Crippen LogP contribution in [-0.4, -0.2) is 27.4 Å². The van der Waals surface area contributed by atoms with Gasteiger partial charge in [0.25, 0.3) is 0 Å². The Hall–Kier alpha value is -1.85. The summed E-state index contributed by atoms with van der Waals surface area (Å²) in [5, 5.41) is 17.7. The number of nitrogens with zero attached hydrogens (tertiary/aromatic N) is 2. The van der Waals surface area contributed by atoms with Gasteiger partial charge in [-0.1, -0.05) is 48.9 Å². The minimum absolute atomic E-state index is 0.160. The van der Waals surface area contributed by atoms with E-state index in [1.165, 1.54) is 0 Å². The fraction of sp³-hybridized carbons (Fsp3) is 0.333. The maximum Gasteiger partial charge on any atom is 0.330 e. The monoisotopic (exact) mass is 307 g/mol. The zero-order valence-corrected chi connectivity index (χ0v) is 12.8. The van der Waals surface area contributed by atoms with E-state index in [2.05, 4.69) is 10.4 Å². The third kappa shape index (κ3) is 3.09. The van der Waals surface area contributed by atoms with Gasteiger partial charge < -0.3 is 5.11 Å². The summed E-state index contributed by atoms with van der Waals surface area (Å²) >= 11 is 6.01. The average Bonchev–Trinajstić information content (AvgIpc) is 2.77. The van der Waals surface area contributed by atoms with Crippen molar-refractivity contribution in [2.45, 2.75) is 25.9 Å². The van der Waals surface area contributed by atoms with Crippen molar-refractivity contribution in [2.24, 2.45) is 0 Å². The lowest BCUT2D eigenvalue weighted by Gasteiger charge is -2.30. The Kier molecular flexibility index (Phi) is 4.65. The smallest absolute Gasteiger partial charge is 0.330 e. The summed E-state index contributed by atoms with van der Waals surface area (Å²) in [6, 6.07) is 9.11. The SMILES string of the molecule is CCNC(Cn1cc(Cl)c(C)n1)(C(=O)O)c1ccccc1. The third-order valence-electron chi connectivity index (χ3n) is 3.40. The highest BCUT2D eigenvalue weighted by Crippen LogP contribution is 2.25. The fourth-order valence-corrected chi connectivity index (χ4v) is 2.51. The molecule has 1 heterocycles. The van der Waals surface area contributed by atoms with E-state index in [-0.39, 0.29) is 6.54 Å². The standard InChI is InChI=1S/C15H18ClN3O2/c1-3-17-15(14(20)21,12-7-5-4-6-8-12)10-19-9-13(16)11(2)18-19/h4-9,17H,3,10H2,1-2H3,(H,20,21). The summed E-state index contributed by atoms with van der Waals surface area (Å²) in [6.07, 6.45) is 1.65. The van der Waals surface area contributed by atoms with Crippen LogP contribution in [0.15, 0.2) is 36.5 Å². The molecule has 0 radical (unpaired) electrons. The normalized spacial score (nSPS) is 13.9. The van der Waals surface area contributed by atoms with Gasteiger partial charge in [0.2, 0.25) is 0 Å². The number of carboxylic acids is 1. The van der Waals surface area contributed by atoms with Gasteiger partial charge in [-0.3, -0.25) is 10.00 Å². The summed E-state index contributed by atoms with van der Waals surface area (Å²) in [6.45, 7) is 4.35. The predicted molar refractivity (Wildman–Crippen MR) is 81.4 cm³/mol. The van der Waals surface area contributed by atoms with E-state index < -0.39 is 11.5 Å². The van der Waals surface area contributed by atoms with Gasteiger partial charge in [0.05, 0.1) is 17.3 Å². The number of hydrogen-bond acceptors (Lipinski definition) is 3. The van der Waals surface area contributed by atoms with E-state index in [1.807, 2.05) is 25.1 Å². The molecule has 1 unspecified atom stereocenters. The van der Waals surface area contributed by atoms with Crippen molar-refractivity contribution in [2.75, 3.05) is 6.54 Å². The Balaban J connectivity index is 2.47. The van der Waals surface area contributed by atoms with Crippen LogP contribution >= 0.6 is 11.6 Å². The van der Waals surface area contributed by atoms with Gasteiger partial charge in [0.15, 0.2) is 5.54 Å². The number of aliphatic carboxylic acids is 1. The number of aryl methyl sites for hydroxylation is 1. The summed E-state index contributed by atoms with van der Waals surface area (Å²) in [5.41, 5.74) is 0.127. The molecule has 5 nitrogen and oxygen atoms in total. The molecule has 0 aliphatic heterocycles. The largest absolute Gasteiger partial charge is 0.480 e. The molecule has 0 spiro atoms. The van der Waals surface area contributed by atoms with Crippen molar-refractivity contribution in [1.29, 1.82) is 0 Å². The zero-order valence-electron chi connectivity index (χ0n) is 12.0. The lowest BCUT2D eigenvalue weighted by Crippen LogP contribution is -2.52. The highest BCUT2D eigenvalue weighted by atomic mass is 35.5. The molecule has 1 atom stereocenters. The van der Waals surface area contributed by atoms with Crippen molar-refractivity contribution in [3.8, 4) is 0 Å². The molecule has 0 saturated carbocycles. The molecule has 2 aromatic rings. The number of aromatic nitrogens is 2. The van der Waals surface area contributed by atoms with Gasteiger partial charge in [-0.25, -0.2) is 4.79 Å². The summed E-state index contributed by atoms with van der Waals surface area (Å²) in [7, 11) is 0. The minimum Gasteiger partial charge on any atom is -0.480 e. The molecule has 1 aromatic heterocycles. The third-order valence-corrected chi connectivity index (χ3v) is 3.77. The van der Waals surface area contributed by atoms with Gasteiger partial charge in [-0.05, 0) is 19.0 Å². The fourth-order valence-electron chi connectivity index (χ4n) is 2.36. The maximum atomic E-state index is 12.0. The molecule has 0 fully saturated rings. The highest BCUT2D eigenvalue weighted by Gasteiger charge is 2.40. The number of rotatable bonds is 6. The minimum atomic E-state index is -1.24. The Morgan fingerprint density at radius 1 is 1.43 bits per heavy atom. The van der Waals surface area contributed by atoms with E-state index in [9.17, 15) is 9.90 Å². The lowest BCUT2D eigenvalue weighted by molar-refractivity contribution is -0.146. The number of nitrogens with one attached hydrogen (secondary N) is 1. The highest BCUT2D eigenvalue weighted by molar-refractivity contribution is 6.31. The van der Waals surface area contributed by atoms with Crippen LogP contribution < -0.4 is 5.32 Å². The van der Waals surface area contributed by atoms with Crippen molar-refractivity contribution in [1.82, 2.24) is 15.1 Å². The van der Waals surface area contributed by atoms with Gasteiger partial charge in [0.1, 0.15) is 0 Å². The van der Waals surface area contributed by atoms with Crippen molar-refractivity contribution < 1.29 is 9.90 Å². The molecule has 21 heavy (non-hydrogen) atoms. The summed E-state index contributed by atoms with van der Waals surface area (Å²) in [5.74, 6) is -0.945. The van der Waals surface area contributed by atoms with E-state index >= 15 is 0 Å². The molecule has 0 bridgehead atoms. The summed E-state index contributed by atoms with van der Waals surface area (Å²) in [4.78, 5) is 12.0. The van der Waals surface area contributed by atoms with Crippen LogP contribution in [0.25, 0.3) is 0 Å². The molecule has 1 aromatic carbocycles. The van der Waals surface area contributed by atoms with E-state index in [0.29, 0.717) is 22.8 Å². The van der Waals surface area contributed by atoms with Crippen molar-refractivity contribution in [3.63, 3.8) is 0 Å². The number of hydrogen-bond donors (Lipinski definition) is 2. The van der Waals surface area contributed by atoms with Crippen LogP contribution in [0.1, 0.15) is 18.2 Å². The first kappa shape index (κ1) is 15.5. The summed E-state index contributed by atoms with van der Waals surface area (Å²) < 4.78 is 1.57. The second-order valence-electron chi connectivity index (χ2n) is 4.87. The zero-order chi connectivity index (χ0) is 15.5. The van der Waals surface area contributed by atoms with Crippen LogP contribution in [-0.2, 0) is 16.9 Å². The van der Waals surface area contributed by atoms with Crippen molar-refractivity contribution in [3.05, 3.63) is 52.8 Å². The number of halogens is 1. The van der Waals surface area contributed by atoms with Gasteiger partial charge in [-0.2, -0.15) is 5.10 Å². The van der Waals surface area contributed by atoms with Crippen LogP contribution in [0.4, 0.5) is 0 Å². The van der Waals surface area contributed by atoms with Crippen LogP contribution in [0.5, 0.6) is 0 Å². The van der Waals surface area contributed by atoms with Crippen LogP contribution in [0, 0.1) is 6.92 Å². The number of carboxylic acid groups (broad SMARTS) is 1. The molecular weight excluding hydrogens is 290 g/mol. The molecule has 0 amide bonds. The number of likely N-dealkylation sites (N-methyl/N-ethyl adjacent to an activating group) is 1. The number of carbonyl (C=O) groups is 1. The molecule has 2 rings (SSSR count). The lowest BCUT2D eigenvalue weighted by atomic mass is 9.89. The first-order valence-corrected chi connectivity index (χ1v) is 7.11. The second-order valence-corrected chi connectivity index (χ2v) is 5.27. The van der Waals surface area contributed by atoms with Gasteiger partial charge in [-0.15, -0.1) is 0 Å². The maximum absolute atomic E-state index is 12.0. The quantitative estimate of drug-likeness (QED) is 0.860. The van der Waals surface area contributed by atoms with E-state index in [4.69, 9.17) is 11.6 Å². The molecule has 2 N–H and O–H groups in total. The predicted octanol–water partition coefficient (Wildman–Crippen LogP) is 2.43. The first-order chi connectivity index (χ1) is 9.99. The molecule has 0 aliphatic carbocycles. The Morgan fingerprint density at radius 3 is 2.57 bits per heavy atom. The van der Waals surface area contributed by atoms with Crippen LogP contribution in [0.2, 0.25) is 5.02 Å². The van der Waals surface area contributed by atoms with Gasteiger partial charge in [0, 0.05) is 6.20 Å². The molecule has 6 heteroatoms. The molecular formula is C15H18ClN3O2. The Labute approximate surface area is 128 Å². The molecule has 0 saturated heterocycles. The average molecular weight is 308 g/mol. The van der Waals surface area contributed by atoms with Crippen LogP contribution in [0.3, 0.4) is 0 Å². The first-order valence-electron chi connectivity index (χ1n) is 6.73.